The maximum absolute atomic E-state index is 14.3. The van der Waals surface area contributed by atoms with Gasteiger partial charge in [-0.05, 0) is 43.9 Å². The van der Waals surface area contributed by atoms with Gasteiger partial charge in [-0.3, -0.25) is 0 Å². The molecule has 2 fully saturated rings. The molecule has 0 spiro atoms. The highest BCUT2D eigenvalue weighted by molar-refractivity contribution is 5.51. The smallest absolute Gasteiger partial charge is 0.146 e. The molecular weight excluding hydrogens is 245 g/mol. The van der Waals surface area contributed by atoms with Crippen molar-refractivity contribution in [2.75, 3.05) is 18.1 Å². The summed E-state index contributed by atoms with van der Waals surface area (Å²) < 4.78 is 20.0. The summed E-state index contributed by atoms with van der Waals surface area (Å²) in [5, 5.41) is 9.50. The van der Waals surface area contributed by atoms with E-state index in [1.54, 1.807) is 13.0 Å². The molecule has 2 aliphatic rings. The third-order valence-electron chi connectivity index (χ3n) is 4.25. The number of hydrogen-bond donors (Lipinski definition) is 1. The molecule has 1 saturated carbocycles. The van der Waals surface area contributed by atoms with E-state index in [0.29, 0.717) is 23.9 Å². The third-order valence-corrected chi connectivity index (χ3v) is 4.25. The van der Waals surface area contributed by atoms with Gasteiger partial charge >= 0.3 is 0 Å². The van der Waals surface area contributed by atoms with E-state index in [9.17, 15) is 9.50 Å². The molecule has 1 N–H and O–H groups in total. The van der Waals surface area contributed by atoms with Crippen molar-refractivity contribution in [2.45, 2.75) is 44.4 Å². The predicted molar refractivity (Wildman–Crippen MR) is 71.8 cm³/mol. The molecule has 0 bridgehead atoms. The van der Waals surface area contributed by atoms with Gasteiger partial charge in [0, 0.05) is 6.54 Å². The van der Waals surface area contributed by atoms with Crippen molar-refractivity contribution in [3.63, 3.8) is 0 Å². The minimum Gasteiger partial charge on any atom is -0.389 e. The second-order valence-electron chi connectivity index (χ2n) is 5.49. The van der Waals surface area contributed by atoms with Crippen LogP contribution in [0, 0.1) is 5.82 Å². The molecule has 3 atom stereocenters. The van der Waals surface area contributed by atoms with Crippen LogP contribution in [0.3, 0.4) is 0 Å². The van der Waals surface area contributed by atoms with Crippen LogP contribution in [0.1, 0.15) is 37.9 Å². The molecule has 3 unspecified atom stereocenters. The van der Waals surface area contributed by atoms with Crippen LogP contribution in [0.2, 0.25) is 0 Å². The Kier molecular flexibility index (Phi) is 3.46. The number of benzene rings is 1. The Morgan fingerprint density at radius 2 is 2.26 bits per heavy atom. The van der Waals surface area contributed by atoms with Crippen LogP contribution >= 0.6 is 0 Å². The van der Waals surface area contributed by atoms with Crippen LogP contribution in [0.25, 0.3) is 0 Å². The van der Waals surface area contributed by atoms with Crippen molar-refractivity contribution in [1.82, 2.24) is 0 Å². The molecule has 3 nitrogen and oxygen atoms in total. The summed E-state index contributed by atoms with van der Waals surface area (Å²) in [5.74, 6) is -0.244. The maximum Gasteiger partial charge on any atom is 0.146 e. The minimum atomic E-state index is -0.632. The van der Waals surface area contributed by atoms with Crippen LogP contribution in [-0.2, 0) is 4.74 Å². The molecule has 19 heavy (non-hydrogen) atoms. The lowest BCUT2D eigenvalue weighted by Gasteiger charge is -2.39. The average molecular weight is 265 g/mol. The summed E-state index contributed by atoms with van der Waals surface area (Å²) in [6.45, 7) is 3.06. The molecule has 1 heterocycles. The van der Waals surface area contributed by atoms with E-state index in [2.05, 4.69) is 4.90 Å². The number of rotatable bonds is 2. The van der Waals surface area contributed by atoms with Crippen molar-refractivity contribution >= 4 is 5.69 Å². The van der Waals surface area contributed by atoms with Gasteiger partial charge in [-0.1, -0.05) is 6.07 Å². The SMILES string of the molecule is CC(O)c1ccc(N2CCOC3CCCC32)c(F)c1. The highest BCUT2D eigenvalue weighted by Crippen LogP contribution is 2.34. The van der Waals surface area contributed by atoms with Crippen LogP contribution in [0.15, 0.2) is 18.2 Å². The van der Waals surface area contributed by atoms with Gasteiger partial charge in [0.05, 0.1) is 30.5 Å². The summed E-state index contributed by atoms with van der Waals surface area (Å²) in [5.41, 5.74) is 1.27. The highest BCUT2D eigenvalue weighted by atomic mass is 19.1. The molecule has 0 radical (unpaired) electrons. The van der Waals surface area contributed by atoms with Gasteiger partial charge in [0.1, 0.15) is 5.82 Å². The van der Waals surface area contributed by atoms with Crippen molar-refractivity contribution < 1.29 is 14.2 Å². The van der Waals surface area contributed by atoms with Gasteiger partial charge in [-0.15, -0.1) is 0 Å². The summed E-state index contributed by atoms with van der Waals surface area (Å²) >= 11 is 0. The molecule has 1 aromatic carbocycles. The first-order chi connectivity index (χ1) is 9.16. The molecule has 3 rings (SSSR count). The monoisotopic (exact) mass is 265 g/mol. The topological polar surface area (TPSA) is 32.7 Å². The van der Waals surface area contributed by atoms with Crippen LogP contribution in [0.5, 0.6) is 0 Å². The number of aliphatic hydroxyl groups excluding tert-OH is 1. The maximum atomic E-state index is 14.3. The number of nitrogens with zero attached hydrogens (tertiary/aromatic N) is 1. The number of aliphatic hydroxyl groups is 1. The van der Waals surface area contributed by atoms with Crippen molar-refractivity contribution in [3.8, 4) is 0 Å². The lowest BCUT2D eigenvalue weighted by atomic mass is 10.1. The number of ether oxygens (including phenoxy) is 1. The number of fused-ring (bicyclic) bond motifs is 1. The van der Waals surface area contributed by atoms with Crippen molar-refractivity contribution in [1.29, 1.82) is 0 Å². The van der Waals surface area contributed by atoms with Crippen LogP contribution in [-0.4, -0.2) is 30.4 Å². The lowest BCUT2D eigenvalue weighted by Crippen LogP contribution is -2.49. The first kappa shape index (κ1) is 12.9. The van der Waals surface area contributed by atoms with Crippen molar-refractivity contribution in [3.05, 3.63) is 29.6 Å². The summed E-state index contributed by atoms with van der Waals surface area (Å²) in [7, 11) is 0. The van der Waals surface area contributed by atoms with Crippen LogP contribution < -0.4 is 4.90 Å². The summed E-state index contributed by atoms with van der Waals surface area (Å²) in [6, 6.07) is 5.35. The zero-order valence-corrected chi connectivity index (χ0v) is 11.2. The van der Waals surface area contributed by atoms with E-state index in [4.69, 9.17) is 4.74 Å². The van der Waals surface area contributed by atoms with Gasteiger partial charge in [0.2, 0.25) is 0 Å². The quantitative estimate of drug-likeness (QED) is 0.892. The number of halogens is 1. The molecule has 0 aromatic heterocycles. The van der Waals surface area contributed by atoms with Gasteiger partial charge in [-0.25, -0.2) is 4.39 Å². The molecule has 1 saturated heterocycles. The van der Waals surface area contributed by atoms with Gasteiger partial charge < -0.3 is 14.7 Å². The number of morpholine rings is 1. The predicted octanol–water partition coefficient (Wildman–Crippen LogP) is 2.64. The second-order valence-corrected chi connectivity index (χ2v) is 5.49. The Morgan fingerprint density at radius 3 is 3.00 bits per heavy atom. The first-order valence-corrected chi connectivity index (χ1v) is 7.02. The van der Waals surface area contributed by atoms with E-state index in [1.807, 2.05) is 6.07 Å². The zero-order chi connectivity index (χ0) is 13.4. The Bertz CT molecular complexity index is 463. The Labute approximate surface area is 113 Å². The highest BCUT2D eigenvalue weighted by Gasteiger charge is 2.36. The molecule has 1 aliphatic heterocycles. The van der Waals surface area contributed by atoms with E-state index in [-0.39, 0.29) is 11.9 Å². The number of anilines is 1. The second kappa shape index (κ2) is 5.10. The summed E-state index contributed by atoms with van der Waals surface area (Å²) in [4.78, 5) is 2.14. The van der Waals surface area contributed by atoms with Crippen molar-refractivity contribution in [2.24, 2.45) is 0 Å². The Morgan fingerprint density at radius 1 is 1.42 bits per heavy atom. The molecule has 1 aliphatic carbocycles. The number of hydrogen-bond acceptors (Lipinski definition) is 3. The van der Waals surface area contributed by atoms with E-state index in [1.165, 1.54) is 6.07 Å². The molecular formula is C15H20FNO2. The minimum absolute atomic E-state index is 0.244. The van der Waals surface area contributed by atoms with Gasteiger partial charge in [0.15, 0.2) is 0 Å². The lowest BCUT2D eigenvalue weighted by molar-refractivity contribution is 0.0254. The molecule has 0 amide bonds. The van der Waals surface area contributed by atoms with Gasteiger partial charge in [0.25, 0.3) is 0 Å². The largest absolute Gasteiger partial charge is 0.389 e. The molecule has 104 valence electrons. The Balaban J connectivity index is 1.88. The zero-order valence-electron chi connectivity index (χ0n) is 11.2. The Hall–Kier alpha value is -1.13. The van der Waals surface area contributed by atoms with E-state index >= 15 is 0 Å². The average Bonchev–Trinajstić information content (AvgIpc) is 2.86. The molecule has 1 aromatic rings. The fraction of sp³-hybridized carbons (Fsp3) is 0.600. The fourth-order valence-corrected chi connectivity index (χ4v) is 3.24. The van der Waals surface area contributed by atoms with Crippen LogP contribution in [0.4, 0.5) is 10.1 Å². The van der Waals surface area contributed by atoms with E-state index in [0.717, 1.165) is 25.8 Å². The normalized spacial score (nSPS) is 28.3. The molecule has 4 heteroatoms. The van der Waals surface area contributed by atoms with Gasteiger partial charge in [-0.2, -0.15) is 0 Å². The third kappa shape index (κ3) is 2.35. The standard InChI is InChI=1S/C15H20FNO2/c1-10(18)11-5-6-13(12(16)9-11)17-7-8-19-15-4-2-3-14(15)17/h5-6,9-10,14-15,18H,2-4,7-8H2,1H3. The first-order valence-electron chi connectivity index (χ1n) is 7.02. The summed E-state index contributed by atoms with van der Waals surface area (Å²) in [6.07, 6.45) is 2.92. The van der Waals surface area contributed by atoms with E-state index < -0.39 is 6.10 Å². The fourth-order valence-electron chi connectivity index (χ4n) is 3.24.